The van der Waals surface area contributed by atoms with Gasteiger partial charge in [-0.05, 0) is 17.7 Å². The highest BCUT2D eigenvalue weighted by Crippen LogP contribution is 2.26. The van der Waals surface area contributed by atoms with Crippen LogP contribution in [0.1, 0.15) is 0 Å². The number of halogens is 1. The van der Waals surface area contributed by atoms with E-state index in [4.69, 9.17) is 11.6 Å². The van der Waals surface area contributed by atoms with Crippen molar-refractivity contribution in [1.82, 2.24) is 19.9 Å². The van der Waals surface area contributed by atoms with E-state index in [2.05, 4.69) is 19.9 Å². The van der Waals surface area contributed by atoms with E-state index in [0.717, 1.165) is 0 Å². The zero-order chi connectivity index (χ0) is 14.1. The van der Waals surface area contributed by atoms with Crippen LogP contribution in [-0.2, 0) is 0 Å². The van der Waals surface area contributed by atoms with E-state index >= 15 is 0 Å². The van der Waals surface area contributed by atoms with E-state index in [-0.39, 0.29) is 17.3 Å². The number of benzene rings is 1. The third kappa shape index (κ3) is 2.17. The van der Waals surface area contributed by atoms with Crippen LogP contribution in [0.5, 0.6) is 5.88 Å². The molecule has 7 heteroatoms. The van der Waals surface area contributed by atoms with Gasteiger partial charge in [-0.25, -0.2) is 4.98 Å². The zero-order valence-electron chi connectivity index (χ0n) is 10.1. The molecule has 0 aliphatic heterocycles. The van der Waals surface area contributed by atoms with Gasteiger partial charge in [-0.3, -0.25) is 4.79 Å². The Kier molecular flexibility index (Phi) is 3.00. The van der Waals surface area contributed by atoms with Gasteiger partial charge >= 0.3 is 0 Å². The molecule has 0 aliphatic rings. The number of nitrogens with zero attached hydrogens (tertiary/aromatic N) is 2. The van der Waals surface area contributed by atoms with Crippen LogP contribution in [0.4, 0.5) is 0 Å². The van der Waals surface area contributed by atoms with Gasteiger partial charge in [0.2, 0.25) is 5.88 Å². The van der Waals surface area contributed by atoms with Gasteiger partial charge in [-0.1, -0.05) is 23.7 Å². The van der Waals surface area contributed by atoms with Crippen LogP contribution < -0.4 is 5.56 Å². The maximum Gasteiger partial charge on any atom is 0.263 e. The number of aromatic nitrogens is 4. The highest BCUT2D eigenvalue weighted by atomic mass is 35.5. The summed E-state index contributed by atoms with van der Waals surface area (Å²) in [5.41, 5.74) is 0.101. The Hall–Kier alpha value is -2.60. The van der Waals surface area contributed by atoms with Gasteiger partial charge in [0, 0.05) is 17.4 Å². The molecule has 0 radical (unpaired) electrons. The molecule has 0 bridgehead atoms. The fourth-order valence-electron chi connectivity index (χ4n) is 1.87. The highest BCUT2D eigenvalue weighted by molar-refractivity contribution is 6.30. The Labute approximate surface area is 118 Å². The minimum atomic E-state index is -0.467. The third-order valence-electron chi connectivity index (χ3n) is 2.74. The number of nitrogens with one attached hydrogen (secondary N) is 2. The zero-order valence-corrected chi connectivity index (χ0v) is 10.8. The smallest absolute Gasteiger partial charge is 0.263 e. The van der Waals surface area contributed by atoms with Crippen molar-refractivity contribution in [2.75, 3.05) is 0 Å². The topological polar surface area (TPSA) is 94.7 Å². The van der Waals surface area contributed by atoms with E-state index in [1.807, 2.05) is 0 Å². The van der Waals surface area contributed by atoms with E-state index < -0.39 is 5.56 Å². The van der Waals surface area contributed by atoms with Crippen molar-refractivity contribution in [3.63, 3.8) is 0 Å². The monoisotopic (exact) mass is 288 g/mol. The first-order valence-corrected chi connectivity index (χ1v) is 6.12. The molecule has 20 heavy (non-hydrogen) atoms. The molecule has 1 aromatic carbocycles. The molecule has 0 amide bonds. The molecule has 0 unspecified atom stereocenters. The number of aromatic hydroxyl groups is 1. The lowest BCUT2D eigenvalue weighted by Gasteiger charge is -2.05. The lowest BCUT2D eigenvalue weighted by Crippen LogP contribution is -2.12. The second kappa shape index (κ2) is 4.82. The molecule has 3 aromatic rings. The van der Waals surface area contributed by atoms with Gasteiger partial charge in [-0.2, -0.15) is 4.98 Å². The Morgan fingerprint density at radius 1 is 1.25 bits per heavy atom. The molecular formula is C13H9ClN4O2. The van der Waals surface area contributed by atoms with Crippen LogP contribution >= 0.6 is 11.6 Å². The lowest BCUT2D eigenvalue weighted by molar-refractivity contribution is 0.454. The molecule has 2 aromatic heterocycles. The summed E-state index contributed by atoms with van der Waals surface area (Å²) in [6, 6.07) is 6.63. The molecule has 0 atom stereocenters. The standard InChI is InChI=1S/C13H9ClN4O2/c14-8-3-1-2-7(6-8)9-12(19)17-11(18-13(9)20)10-15-4-5-16-10/h1-6H,(H,15,16)(H2,17,18,19,20). The molecule has 0 aliphatic carbocycles. The highest BCUT2D eigenvalue weighted by Gasteiger charge is 2.14. The van der Waals surface area contributed by atoms with E-state index in [1.165, 1.54) is 6.20 Å². The van der Waals surface area contributed by atoms with Crippen molar-refractivity contribution in [3.05, 3.63) is 52.0 Å². The van der Waals surface area contributed by atoms with Crippen LogP contribution in [0, 0.1) is 0 Å². The van der Waals surface area contributed by atoms with E-state index in [0.29, 0.717) is 16.4 Å². The van der Waals surface area contributed by atoms with Crippen molar-refractivity contribution < 1.29 is 5.11 Å². The first-order valence-electron chi connectivity index (χ1n) is 5.74. The number of hydrogen-bond acceptors (Lipinski definition) is 4. The van der Waals surface area contributed by atoms with Gasteiger partial charge in [0.1, 0.15) is 5.56 Å². The fourth-order valence-corrected chi connectivity index (χ4v) is 2.06. The number of rotatable bonds is 2. The SMILES string of the molecule is O=c1[nH]c(-c2ncc[nH]2)nc(O)c1-c1cccc(Cl)c1. The van der Waals surface area contributed by atoms with Crippen molar-refractivity contribution in [1.29, 1.82) is 0 Å². The first kappa shape index (κ1) is 12.4. The molecule has 0 spiro atoms. The Bertz CT molecular complexity index is 811. The summed E-state index contributed by atoms with van der Waals surface area (Å²) in [4.78, 5) is 25.4. The predicted molar refractivity (Wildman–Crippen MR) is 74.6 cm³/mol. The van der Waals surface area contributed by atoms with Crippen LogP contribution in [0.3, 0.4) is 0 Å². The third-order valence-corrected chi connectivity index (χ3v) is 2.97. The summed E-state index contributed by atoms with van der Waals surface area (Å²) in [7, 11) is 0. The van der Waals surface area contributed by atoms with Crippen LogP contribution in [-0.4, -0.2) is 25.0 Å². The largest absolute Gasteiger partial charge is 0.493 e. The molecule has 0 fully saturated rings. The lowest BCUT2D eigenvalue weighted by atomic mass is 10.1. The fraction of sp³-hybridized carbons (Fsp3) is 0. The van der Waals surface area contributed by atoms with Gasteiger partial charge in [0.05, 0.1) is 0 Å². The summed E-state index contributed by atoms with van der Waals surface area (Å²) in [5.74, 6) is 0.167. The molecule has 3 rings (SSSR count). The molecule has 0 saturated carbocycles. The van der Waals surface area contributed by atoms with Gasteiger partial charge in [-0.15, -0.1) is 0 Å². The average molecular weight is 289 g/mol. The summed E-state index contributed by atoms with van der Waals surface area (Å²) >= 11 is 5.88. The van der Waals surface area contributed by atoms with Crippen molar-refractivity contribution in [2.24, 2.45) is 0 Å². The summed E-state index contributed by atoms with van der Waals surface area (Å²) < 4.78 is 0. The van der Waals surface area contributed by atoms with E-state index in [9.17, 15) is 9.90 Å². The number of imidazole rings is 1. The Balaban J connectivity index is 2.17. The summed E-state index contributed by atoms with van der Waals surface area (Å²) in [6.45, 7) is 0. The Morgan fingerprint density at radius 2 is 2.10 bits per heavy atom. The van der Waals surface area contributed by atoms with Crippen LogP contribution in [0.2, 0.25) is 5.02 Å². The van der Waals surface area contributed by atoms with Crippen LogP contribution in [0.15, 0.2) is 41.5 Å². The van der Waals surface area contributed by atoms with Gasteiger partial charge < -0.3 is 15.1 Å². The minimum absolute atomic E-state index is 0.0720. The van der Waals surface area contributed by atoms with E-state index in [1.54, 1.807) is 30.5 Å². The molecule has 2 heterocycles. The number of aromatic amines is 2. The molecule has 0 saturated heterocycles. The summed E-state index contributed by atoms with van der Waals surface area (Å²) in [6.07, 6.45) is 3.12. The average Bonchev–Trinajstić information content (AvgIpc) is 2.91. The van der Waals surface area contributed by atoms with Gasteiger partial charge in [0.15, 0.2) is 11.6 Å². The minimum Gasteiger partial charge on any atom is -0.493 e. The normalized spacial score (nSPS) is 10.7. The van der Waals surface area contributed by atoms with Crippen LogP contribution in [0.25, 0.3) is 22.8 Å². The number of hydrogen-bond donors (Lipinski definition) is 3. The maximum atomic E-state index is 12.1. The predicted octanol–water partition coefficient (Wildman–Crippen LogP) is 2.19. The molecule has 6 nitrogen and oxygen atoms in total. The second-order valence-corrected chi connectivity index (χ2v) is 4.50. The quantitative estimate of drug-likeness (QED) is 0.673. The molecule has 3 N–H and O–H groups in total. The van der Waals surface area contributed by atoms with Crippen molar-refractivity contribution in [2.45, 2.75) is 0 Å². The van der Waals surface area contributed by atoms with Crippen molar-refractivity contribution in [3.8, 4) is 28.7 Å². The second-order valence-electron chi connectivity index (χ2n) is 4.06. The Morgan fingerprint density at radius 3 is 2.75 bits per heavy atom. The first-order chi connectivity index (χ1) is 9.65. The molecular weight excluding hydrogens is 280 g/mol. The number of H-pyrrole nitrogens is 2. The molecule has 100 valence electrons. The van der Waals surface area contributed by atoms with Crippen molar-refractivity contribution >= 4 is 11.6 Å². The maximum absolute atomic E-state index is 12.1. The van der Waals surface area contributed by atoms with Gasteiger partial charge in [0.25, 0.3) is 5.56 Å². The summed E-state index contributed by atoms with van der Waals surface area (Å²) in [5, 5.41) is 10.5.